The summed E-state index contributed by atoms with van der Waals surface area (Å²) in [6.45, 7) is 1.94. The smallest absolute Gasteiger partial charge is 0.200 e. The first kappa shape index (κ1) is 13.3. The predicted molar refractivity (Wildman–Crippen MR) is 81.4 cm³/mol. The average Bonchev–Trinajstić information content (AvgIpc) is 2.86. The van der Waals surface area contributed by atoms with Crippen molar-refractivity contribution in [2.24, 2.45) is 28.8 Å². The molecule has 4 aliphatic carbocycles. The molecule has 4 bridgehead atoms. The average molecular weight is 304 g/mol. The predicted octanol–water partition coefficient (Wildman–Crippen LogP) is 2.70. The van der Waals surface area contributed by atoms with Crippen molar-refractivity contribution in [1.82, 2.24) is 4.83 Å². The maximum Gasteiger partial charge on any atom is 0.276 e. The Hall–Kier alpha value is -1.36. The number of hydrogen-bond acceptors (Lipinski definition) is 3. The Morgan fingerprint density at radius 1 is 1.10 bits per heavy atom. The summed E-state index contributed by atoms with van der Waals surface area (Å²) in [5.74, 6) is 2.69. The van der Waals surface area contributed by atoms with Gasteiger partial charge in [-0.15, -0.1) is 0 Å². The van der Waals surface area contributed by atoms with Gasteiger partial charge in [-0.2, -0.15) is 13.5 Å². The standard InChI is InChI=1S/C16H20N2O2S/c1-10-2-4-14(5-3-10)21(19,20)18-17-16-13-7-11-6-12(9-13)15(16)8-11/h2-5,11-13,15,18H,6-9H2,1H3/b17-16+. The van der Waals surface area contributed by atoms with Crippen LogP contribution < -0.4 is 4.83 Å². The van der Waals surface area contributed by atoms with Crippen molar-refractivity contribution >= 4 is 15.7 Å². The van der Waals surface area contributed by atoms with Crippen LogP contribution in [0.3, 0.4) is 0 Å². The minimum atomic E-state index is -3.54. The first-order valence-corrected chi connectivity index (χ1v) is 9.17. The lowest BCUT2D eigenvalue weighted by Crippen LogP contribution is -2.27. The van der Waals surface area contributed by atoms with Gasteiger partial charge in [0.05, 0.1) is 4.90 Å². The van der Waals surface area contributed by atoms with E-state index in [9.17, 15) is 8.42 Å². The molecule has 4 saturated carbocycles. The van der Waals surface area contributed by atoms with Gasteiger partial charge in [-0.3, -0.25) is 0 Å². The monoisotopic (exact) mass is 304 g/mol. The second-order valence-corrected chi connectivity index (χ2v) is 8.48. The molecule has 4 nitrogen and oxygen atoms in total. The molecule has 4 unspecified atom stereocenters. The van der Waals surface area contributed by atoms with E-state index in [0.717, 1.165) is 23.1 Å². The molecule has 1 aromatic rings. The zero-order valence-corrected chi connectivity index (χ0v) is 12.9. The fraction of sp³-hybridized carbons (Fsp3) is 0.562. The summed E-state index contributed by atoms with van der Waals surface area (Å²) in [4.78, 5) is 2.75. The zero-order valence-electron chi connectivity index (χ0n) is 12.1. The maximum absolute atomic E-state index is 12.3. The third-order valence-electron chi connectivity index (χ3n) is 5.42. The number of hydrogen-bond donors (Lipinski definition) is 1. The number of benzene rings is 1. The fourth-order valence-corrected chi connectivity index (χ4v) is 5.35. The van der Waals surface area contributed by atoms with Gasteiger partial charge in [0.1, 0.15) is 0 Å². The minimum Gasteiger partial charge on any atom is -0.200 e. The number of nitrogens with zero attached hydrogens (tertiary/aromatic N) is 1. The van der Waals surface area contributed by atoms with Gasteiger partial charge in [0.15, 0.2) is 0 Å². The van der Waals surface area contributed by atoms with Crippen molar-refractivity contribution in [2.75, 3.05) is 0 Å². The highest BCUT2D eigenvalue weighted by molar-refractivity contribution is 7.89. The van der Waals surface area contributed by atoms with Crippen LogP contribution in [-0.4, -0.2) is 14.1 Å². The van der Waals surface area contributed by atoms with Gasteiger partial charge in [-0.05, 0) is 62.5 Å². The van der Waals surface area contributed by atoms with Crippen molar-refractivity contribution in [3.05, 3.63) is 29.8 Å². The lowest BCUT2D eigenvalue weighted by molar-refractivity contribution is 0.333. The molecule has 4 fully saturated rings. The fourth-order valence-electron chi connectivity index (χ4n) is 4.52. The molecule has 1 N–H and O–H groups in total. The highest BCUT2D eigenvalue weighted by Crippen LogP contribution is 2.56. The Morgan fingerprint density at radius 3 is 2.57 bits per heavy atom. The van der Waals surface area contributed by atoms with Gasteiger partial charge in [-0.25, -0.2) is 4.83 Å². The Bertz CT molecular complexity index is 689. The van der Waals surface area contributed by atoms with Gasteiger partial charge in [0.2, 0.25) is 0 Å². The van der Waals surface area contributed by atoms with Crippen molar-refractivity contribution < 1.29 is 8.42 Å². The third kappa shape index (κ3) is 2.18. The first-order valence-electron chi connectivity index (χ1n) is 7.69. The van der Waals surface area contributed by atoms with Crippen LogP contribution in [-0.2, 0) is 10.0 Å². The normalized spacial score (nSPS) is 35.6. The molecule has 1 aromatic carbocycles. The van der Waals surface area contributed by atoms with Gasteiger partial charge in [0, 0.05) is 11.6 Å². The Labute approximate surface area is 125 Å². The molecule has 112 valence electrons. The van der Waals surface area contributed by atoms with E-state index in [0.29, 0.717) is 11.8 Å². The zero-order chi connectivity index (χ0) is 14.6. The van der Waals surface area contributed by atoms with Crippen molar-refractivity contribution in [1.29, 1.82) is 0 Å². The molecular formula is C16H20N2O2S. The molecule has 5 heteroatoms. The molecule has 0 saturated heterocycles. The summed E-state index contributed by atoms with van der Waals surface area (Å²) >= 11 is 0. The molecule has 0 radical (unpaired) electrons. The van der Waals surface area contributed by atoms with E-state index in [1.54, 1.807) is 24.3 Å². The van der Waals surface area contributed by atoms with Crippen molar-refractivity contribution in [3.63, 3.8) is 0 Å². The summed E-state index contributed by atoms with van der Waals surface area (Å²) in [7, 11) is -3.54. The van der Waals surface area contributed by atoms with Gasteiger partial charge < -0.3 is 0 Å². The molecule has 21 heavy (non-hydrogen) atoms. The highest BCUT2D eigenvalue weighted by Gasteiger charge is 2.52. The molecular weight excluding hydrogens is 284 g/mol. The molecule has 4 aliphatic rings. The quantitative estimate of drug-likeness (QED) is 0.873. The lowest BCUT2D eigenvalue weighted by atomic mass is 9.81. The minimum absolute atomic E-state index is 0.282. The van der Waals surface area contributed by atoms with Crippen LogP contribution in [0.5, 0.6) is 0 Å². The maximum atomic E-state index is 12.3. The Balaban J connectivity index is 1.56. The molecule has 0 spiro atoms. The van der Waals surface area contributed by atoms with Crippen LogP contribution in [0.25, 0.3) is 0 Å². The van der Waals surface area contributed by atoms with Crippen molar-refractivity contribution in [3.8, 4) is 0 Å². The Kier molecular flexibility index (Phi) is 2.89. The number of hydrazone groups is 1. The van der Waals surface area contributed by atoms with Crippen molar-refractivity contribution in [2.45, 2.75) is 37.5 Å². The number of rotatable bonds is 3. The van der Waals surface area contributed by atoms with E-state index in [4.69, 9.17) is 0 Å². The molecule has 0 aromatic heterocycles. The lowest BCUT2D eigenvalue weighted by Gasteiger charge is -2.25. The number of nitrogens with one attached hydrogen (secondary N) is 1. The van der Waals surface area contributed by atoms with E-state index in [-0.39, 0.29) is 4.90 Å². The topological polar surface area (TPSA) is 58.5 Å². The summed E-state index contributed by atoms with van der Waals surface area (Å²) in [6, 6.07) is 6.87. The second kappa shape index (κ2) is 4.57. The summed E-state index contributed by atoms with van der Waals surface area (Å²) in [6.07, 6.45) is 4.96. The van der Waals surface area contributed by atoms with Crippen LogP contribution in [0.1, 0.15) is 31.2 Å². The van der Waals surface area contributed by atoms with Crippen LogP contribution in [0, 0.1) is 30.6 Å². The van der Waals surface area contributed by atoms with Crippen LogP contribution in [0.15, 0.2) is 34.3 Å². The SMILES string of the molecule is Cc1ccc(S(=O)(=O)N/N=C2\C3CC4CC(C3)C2C4)cc1. The van der Waals surface area contributed by atoms with E-state index >= 15 is 0 Å². The highest BCUT2D eigenvalue weighted by atomic mass is 32.2. The first-order chi connectivity index (χ1) is 10.0. The van der Waals surface area contributed by atoms with E-state index in [2.05, 4.69) is 9.93 Å². The van der Waals surface area contributed by atoms with Gasteiger partial charge in [-0.1, -0.05) is 17.7 Å². The van der Waals surface area contributed by atoms with Gasteiger partial charge in [0.25, 0.3) is 10.0 Å². The van der Waals surface area contributed by atoms with Crippen LogP contribution >= 0.6 is 0 Å². The molecule has 4 atom stereocenters. The van der Waals surface area contributed by atoms with E-state index < -0.39 is 10.0 Å². The second-order valence-electron chi connectivity index (χ2n) is 6.82. The van der Waals surface area contributed by atoms with Crippen LogP contribution in [0.2, 0.25) is 0 Å². The van der Waals surface area contributed by atoms with E-state index in [1.165, 1.54) is 25.7 Å². The van der Waals surface area contributed by atoms with E-state index in [1.807, 2.05) is 6.92 Å². The van der Waals surface area contributed by atoms with Gasteiger partial charge >= 0.3 is 0 Å². The Morgan fingerprint density at radius 2 is 1.86 bits per heavy atom. The molecule has 5 rings (SSSR count). The summed E-state index contributed by atoms with van der Waals surface area (Å²) < 4.78 is 24.6. The number of aryl methyl sites for hydroxylation is 1. The number of sulfonamides is 1. The molecule has 0 amide bonds. The molecule has 0 heterocycles. The summed E-state index contributed by atoms with van der Waals surface area (Å²) in [5.41, 5.74) is 2.16. The molecule has 0 aliphatic heterocycles. The largest absolute Gasteiger partial charge is 0.276 e. The van der Waals surface area contributed by atoms with Crippen LogP contribution in [0.4, 0.5) is 0 Å². The summed E-state index contributed by atoms with van der Waals surface area (Å²) in [5, 5.41) is 4.33. The third-order valence-corrected chi connectivity index (χ3v) is 6.65.